The predicted molar refractivity (Wildman–Crippen MR) is 71.9 cm³/mol. The van der Waals surface area contributed by atoms with E-state index in [9.17, 15) is 13.5 Å². The summed E-state index contributed by atoms with van der Waals surface area (Å²) in [5, 5.41) is 12.6. The van der Waals surface area contributed by atoms with E-state index in [1.165, 1.54) is 18.2 Å². The van der Waals surface area contributed by atoms with Crippen LogP contribution in [-0.2, 0) is 9.84 Å². The first-order chi connectivity index (χ1) is 9.01. The van der Waals surface area contributed by atoms with Gasteiger partial charge in [0.1, 0.15) is 0 Å². The highest BCUT2D eigenvalue weighted by atomic mass is 35.5. The van der Waals surface area contributed by atoms with Crippen molar-refractivity contribution >= 4 is 32.1 Å². The predicted octanol–water partition coefficient (Wildman–Crippen LogP) is 2.31. The molecule has 0 spiro atoms. The van der Waals surface area contributed by atoms with Gasteiger partial charge in [0.2, 0.25) is 9.84 Å². The van der Waals surface area contributed by atoms with Gasteiger partial charge in [-0.25, -0.2) is 8.42 Å². The van der Waals surface area contributed by atoms with E-state index in [2.05, 4.69) is 0 Å². The molecule has 0 amide bonds. The topological polar surface area (TPSA) is 57.2 Å². The zero-order valence-corrected chi connectivity index (χ0v) is 11.2. The van der Waals surface area contributed by atoms with E-state index in [1.807, 2.05) is 0 Å². The van der Waals surface area contributed by atoms with Crippen LogP contribution >= 0.6 is 11.6 Å². The molecule has 19 heavy (non-hydrogen) atoms. The summed E-state index contributed by atoms with van der Waals surface area (Å²) in [6, 6.07) is 12.6. The second-order valence-corrected chi connectivity index (χ2v) is 6.46. The Morgan fingerprint density at radius 1 is 1.00 bits per heavy atom. The smallest absolute Gasteiger partial charge is 0.207 e. The zero-order valence-electron chi connectivity index (χ0n) is 9.63. The minimum absolute atomic E-state index is 0.0285. The van der Waals surface area contributed by atoms with Gasteiger partial charge in [0.25, 0.3) is 0 Å². The van der Waals surface area contributed by atoms with Crippen molar-refractivity contribution in [1.29, 1.82) is 0 Å². The third-order valence-electron chi connectivity index (χ3n) is 2.99. The molecule has 1 heterocycles. The number of hydrogen-bond acceptors (Lipinski definition) is 3. The van der Waals surface area contributed by atoms with Crippen molar-refractivity contribution < 1.29 is 13.5 Å². The van der Waals surface area contributed by atoms with Crippen molar-refractivity contribution in [1.82, 2.24) is 0 Å². The average molecular weight is 292 g/mol. The first-order valence-electron chi connectivity index (χ1n) is 5.53. The molecule has 1 aliphatic rings. The second kappa shape index (κ2) is 4.11. The normalized spacial score (nSPS) is 16.5. The maximum atomic E-state index is 12.4. The van der Waals surface area contributed by atoms with Crippen LogP contribution in [0.25, 0.3) is 10.7 Å². The van der Waals surface area contributed by atoms with Crippen LogP contribution in [0.5, 0.6) is 0 Å². The Bertz CT molecular complexity index is 793. The van der Waals surface area contributed by atoms with Gasteiger partial charge < -0.3 is 5.11 Å². The number of benzene rings is 2. The molecule has 96 valence electrons. The molecule has 1 aliphatic heterocycles. The molecular weight excluding hydrogens is 284 g/mol. The highest BCUT2D eigenvalue weighted by Gasteiger charge is 2.32. The SMILES string of the molecule is O=S1(=O)C(c2ccccc2)=C([O-])c2cc(Cl)ccc21. The molecule has 0 bridgehead atoms. The molecule has 0 aliphatic carbocycles. The molecule has 2 aromatic carbocycles. The van der Waals surface area contributed by atoms with E-state index in [0.717, 1.165) is 0 Å². The highest BCUT2D eigenvalue weighted by Crippen LogP contribution is 2.42. The third kappa shape index (κ3) is 1.76. The van der Waals surface area contributed by atoms with E-state index in [4.69, 9.17) is 11.6 Å². The lowest BCUT2D eigenvalue weighted by Gasteiger charge is -2.10. The Balaban J connectivity index is 2.34. The van der Waals surface area contributed by atoms with Gasteiger partial charge in [-0.15, -0.1) is 0 Å². The molecule has 0 radical (unpaired) electrons. The maximum absolute atomic E-state index is 12.4. The largest absolute Gasteiger partial charge is 0.871 e. The number of sulfone groups is 1. The summed E-state index contributed by atoms with van der Waals surface area (Å²) < 4.78 is 24.8. The number of rotatable bonds is 1. The standard InChI is InChI=1S/C14H9ClO3S/c15-10-6-7-12-11(8-10)13(16)14(19(12,17)18)9-4-2-1-3-5-9/h1-8,16H/p-1. The second-order valence-electron chi connectivity index (χ2n) is 4.17. The lowest BCUT2D eigenvalue weighted by atomic mass is 10.1. The molecule has 0 unspecified atom stereocenters. The molecule has 3 nitrogen and oxygen atoms in total. The molecule has 0 saturated carbocycles. The molecule has 5 heteroatoms. The summed E-state index contributed by atoms with van der Waals surface area (Å²) in [5.74, 6) is -0.497. The monoisotopic (exact) mass is 291 g/mol. The Labute approximate surface area is 115 Å². The highest BCUT2D eigenvalue weighted by molar-refractivity contribution is 8.01. The van der Waals surface area contributed by atoms with Crippen LogP contribution in [0.3, 0.4) is 0 Å². The molecule has 0 saturated heterocycles. The zero-order chi connectivity index (χ0) is 13.6. The Hall–Kier alpha value is -1.78. The summed E-state index contributed by atoms with van der Waals surface area (Å²) in [4.78, 5) is -0.147. The number of halogens is 1. The van der Waals surface area contributed by atoms with E-state index in [1.54, 1.807) is 30.3 Å². The Kier molecular flexibility index (Phi) is 2.66. The fraction of sp³-hybridized carbons (Fsp3) is 0. The number of fused-ring (bicyclic) bond motifs is 1. The first-order valence-corrected chi connectivity index (χ1v) is 7.39. The van der Waals surface area contributed by atoms with Crippen LogP contribution in [0.2, 0.25) is 5.02 Å². The van der Waals surface area contributed by atoms with Crippen molar-refractivity contribution in [2.75, 3.05) is 0 Å². The van der Waals surface area contributed by atoms with Crippen molar-refractivity contribution in [3.8, 4) is 0 Å². The molecule has 2 aromatic rings. The van der Waals surface area contributed by atoms with Gasteiger partial charge in [0, 0.05) is 5.02 Å². The van der Waals surface area contributed by atoms with Crippen LogP contribution in [0, 0.1) is 0 Å². The van der Waals surface area contributed by atoms with Crippen LogP contribution in [0.4, 0.5) is 0 Å². The lowest BCUT2D eigenvalue weighted by molar-refractivity contribution is -0.242. The van der Waals surface area contributed by atoms with Crippen LogP contribution in [0.1, 0.15) is 11.1 Å². The van der Waals surface area contributed by atoms with E-state index >= 15 is 0 Å². The van der Waals surface area contributed by atoms with E-state index in [-0.39, 0.29) is 15.4 Å². The lowest BCUT2D eigenvalue weighted by Crippen LogP contribution is -2.04. The summed E-state index contributed by atoms with van der Waals surface area (Å²) in [5.41, 5.74) is 0.547. The van der Waals surface area contributed by atoms with Gasteiger partial charge in [-0.3, -0.25) is 0 Å². The Morgan fingerprint density at radius 2 is 1.68 bits per heavy atom. The summed E-state index contributed by atoms with van der Waals surface area (Å²) in [6.45, 7) is 0. The minimum Gasteiger partial charge on any atom is -0.871 e. The van der Waals surface area contributed by atoms with E-state index < -0.39 is 15.6 Å². The fourth-order valence-corrected chi connectivity index (χ4v) is 4.02. The molecule has 0 N–H and O–H groups in total. The first kappa shape index (κ1) is 12.3. The van der Waals surface area contributed by atoms with Crippen molar-refractivity contribution in [3.05, 3.63) is 64.7 Å². The van der Waals surface area contributed by atoms with Crippen molar-refractivity contribution in [2.45, 2.75) is 4.90 Å². The molecule has 0 atom stereocenters. The van der Waals surface area contributed by atoms with Crippen LogP contribution in [-0.4, -0.2) is 8.42 Å². The average Bonchev–Trinajstić information content (AvgIpc) is 2.58. The quantitative estimate of drug-likeness (QED) is 0.810. The van der Waals surface area contributed by atoms with Crippen LogP contribution in [0.15, 0.2) is 53.4 Å². The molecule has 3 rings (SSSR count). The van der Waals surface area contributed by atoms with Gasteiger partial charge in [0.05, 0.1) is 9.80 Å². The van der Waals surface area contributed by atoms with Gasteiger partial charge in [-0.2, -0.15) is 0 Å². The van der Waals surface area contributed by atoms with Gasteiger partial charge in [-0.1, -0.05) is 47.7 Å². The van der Waals surface area contributed by atoms with Gasteiger partial charge >= 0.3 is 0 Å². The molecular formula is C14H8ClO3S-. The van der Waals surface area contributed by atoms with Crippen LogP contribution < -0.4 is 5.11 Å². The molecule has 0 aromatic heterocycles. The molecule has 0 fully saturated rings. The third-order valence-corrected chi connectivity index (χ3v) is 5.12. The fourth-order valence-electron chi connectivity index (χ4n) is 2.14. The van der Waals surface area contributed by atoms with Gasteiger partial charge in [0.15, 0.2) is 0 Å². The summed E-state index contributed by atoms with van der Waals surface area (Å²) in [7, 11) is -3.76. The van der Waals surface area contributed by atoms with E-state index in [0.29, 0.717) is 10.6 Å². The summed E-state index contributed by atoms with van der Waals surface area (Å²) in [6.07, 6.45) is 0. The number of hydrogen-bond donors (Lipinski definition) is 0. The maximum Gasteiger partial charge on any atom is 0.207 e. The van der Waals surface area contributed by atoms with Crippen molar-refractivity contribution in [3.63, 3.8) is 0 Å². The summed E-state index contributed by atoms with van der Waals surface area (Å²) >= 11 is 5.82. The van der Waals surface area contributed by atoms with Gasteiger partial charge in [-0.05, 0) is 29.3 Å². The minimum atomic E-state index is -3.76. The Morgan fingerprint density at radius 3 is 2.37 bits per heavy atom. The van der Waals surface area contributed by atoms with Crippen molar-refractivity contribution in [2.24, 2.45) is 0 Å².